The van der Waals surface area contributed by atoms with Gasteiger partial charge in [-0.2, -0.15) is 0 Å². The van der Waals surface area contributed by atoms with Crippen molar-refractivity contribution in [3.8, 4) is 22.6 Å². The van der Waals surface area contributed by atoms with Gasteiger partial charge in [-0.15, -0.1) is 0 Å². The molecule has 0 spiro atoms. The van der Waals surface area contributed by atoms with Crippen molar-refractivity contribution >= 4 is 17.5 Å². The van der Waals surface area contributed by atoms with Crippen molar-refractivity contribution in [1.29, 1.82) is 0 Å². The third-order valence-electron chi connectivity index (χ3n) is 7.87. The van der Waals surface area contributed by atoms with Crippen LogP contribution in [0.15, 0.2) is 53.3 Å². The standard InChI is InChI=1S/C27H27N3O8/c1-30(2)21-16-8-11-7-15-14(12-6-13(38-3)10-29-9-12)4-5-17(31)19(15)22(32)18(11)24(34)27(16,37)25(35)20(23(21)33)26(28)36/h4-6,9-11,16,21,31,33-34,37H,7-8H2,1-3H3,(H2,28,36)/t11-,16-,21-,27-/m0/s1. The van der Waals surface area contributed by atoms with Crippen molar-refractivity contribution in [2.24, 2.45) is 17.6 Å². The number of aliphatic hydroxyl groups excluding tert-OH is 2. The van der Waals surface area contributed by atoms with Crippen LogP contribution in [-0.2, 0) is 16.0 Å². The van der Waals surface area contributed by atoms with E-state index in [2.05, 4.69) is 4.98 Å². The summed E-state index contributed by atoms with van der Waals surface area (Å²) in [5.41, 5.74) is 3.35. The number of primary amides is 1. The molecule has 0 unspecified atom stereocenters. The van der Waals surface area contributed by atoms with Gasteiger partial charge >= 0.3 is 0 Å². The molecule has 11 heteroatoms. The van der Waals surface area contributed by atoms with Crippen LogP contribution in [0.5, 0.6) is 11.5 Å². The number of amides is 1. The van der Waals surface area contributed by atoms with Crippen LogP contribution in [0.2, 0.25) is 0 Å². The predicted octanol–water partition coefficient (Wildman–Crippen LogP) is 1.19. The van der Waals surface area contributed by atoms with E-state index in [4.69, 9.17) is 10.5 Å². The number of ether oxygens (including phenoxy) is 1. The van der Waals surface area contributed by atoms with Crippen LogP contribution in [0, 0.1) is 11.8 Å². The van der Waals surface area contributed by atoms with Gasteiger partial charge in [0.05, 0.1) is 24.9 Å². The summed E-state index contributed by atoms with van der Waals surface area (Å²) in [7, 11) is 4.66. The second-order valence-corrected chi connectivity index (χ2v) is 10.1. The smallest absolute Gasteiger partial charge is 0.255 e. The molecule has 1 aromatic heterocycles. The van der Waals surface area contributed by atoms with Gasteiger partial charge in [0, 0.05) is 23.3 Å². The number of rotatable bonds is 4. The zero-order valence-corrected chi connectivity index (χ0v) is 20.9. The Morgan fingerprint density at radius 3 is 2.53 bits per heavy atom. The Balaban J connectivity index is 1.72. The highest BCUT2D eigenvalue weighted by Gasteiger charge is 2.63. The van der Waals surface area contributed by atoms with Gasteiger partial charge in [0.15, 0.2) is 11.4 Å². The van der Waals surface area contributed by atoms with Crippen LogP contribution in [0.4, 0.5) is 0 Å². The number of likely N-dealkylation sites (N-methyl/N-ethyl adjacent to an activating group) is 1. The van der Waals surface area contributed by atoms with Gasteiger partial charge in [0.2, 0.25) is 5.78 Å². The van der Waals surface area contributed by atoms with Crippen molar-refractivity contribution in [3.63, 3.8) is 0 Å². The maximum atomic E-state index is 13.8. The summed E-state index contributed by atoms with van der Waals surface area (Å²) >= 11 is 0. The van der Waals surface area contributed by atoms with Crippen LogP contribution in [0.25, 0.3) is 11.1 Å². The molecule has 6 N–H and O–H groups in total. The number of aliphatic hydroxyl groups is 3. The average Bonchev–Trinajstić information content (AvgIpc) is 2.86. The first-order valence-electron chi connectivity index (χ1n) is 11.9. The normalized spacial score (nSPS) is 26.7. The summed E-state index contributed by atoms with van der Waals surface area (Å²) in [5, 5.41) is 44.6. The maximum Gasteiger partial charge on any atom is 0.255 e. The first-order valence-corrected chi connectivity index (χ1v) is 11.9. The monoisotopic (exact) mass is 521 g/mol. The van der Waals surface area contributed by atoms with Crippen molar-refractivity contribution in [1.82, 2.24) is 9.88 Å². The molecule has 198 valence electrons. The average molecular weight is 522 g/mol. The van der Waals surface area contributed by atoms with Crippen molar-refractivity contribution in [2.45, 2.75) is 24.5 Å². The molecule has 0 saturated carbocycles. The number of phenolic OH excluding ortho intramolecular Hbond substituents is 1. The number of fused-ring (bicyclic) bond motifs is 3. The number of allylic oxidation sites excluding steroid dienone is 1. The quantitative estimate of drug-likeness (QED) is 0.366. The molecular weight excluding hydrogens is 494 g/mol. The second kappa shape index (κ2) is 8.67. The summed E-state index contributed by atoms with van der Waals surface area (Å²) in [6.07, 6.45) is 3.31. The Hall–Kier alpha value is -4.22. The summed E-state index contributed by atoms with van der Waals surface area (Å²) in [5.74, 6) is -6.37. The Morgan fingerprint density at radius 1 is 1.18 bits per heavy atom. The molecule has 1 aromatic carbocycles. The molecule has 2 aromatic rings. The number of aromatic nitrogens is 1. The lowest BCUT2D eigenvalue weighted by Gasteiger charge is -2.50. The van der Waals surface area contributed by atoms with E-state index in [0.29, 0.717) is 22.4 Å². The van der Waals surface area contributed by atoms with Crippen molar-refractivity contribution in [2.75, 3.05) is 21.2 Å². The predicted molar refractivity (Wildman–Crippen MR) is 133 cm³/mol. The number of carbonyl (C=O) groups is 3. The summed E-state index contributed by atoms with van der Waals surface area (Å²) < 4.78 is 5.27. The summed E-state index contributed by atoms with van der Waals surface area (Å²) in [6, 6.07) is 3.70. The fraction of sp³-hybridized carbons (Fsp3) is 0.333. The molecule has 11 nitrogen and oxygen atoms in total. The number of pyridine rings is 1. The Bertz CT molecular complexity index is 1480. The van der Waals surface area contributed by atoms with Gasteiger partial charge in [0.25, 0.3) is 5.91 Å². The Morgan fingerprint density at radius 2 is 1.89 bits per heavy atom. The molecule has 1 heterocycles. The summed E-state index contributed by atoms with van der Waals surface area (Å²) in [4.78, 5) is 44.9. The van der Waals surface area contributed by atoms with Crippen LogP contribution in [0.3, 0.4) is 0 Å². The number of aromatic hydroxyl groups is 1. The first kappa shape index (κ1) is 25.4. The van der Waals surface area contributed by atoms with Crippen LogP contribution in [0.1, 0.15) is 22.3 Å². The van der Waals surface area contributed by atoms with Crippen LogP contribution >= 0.6 is 0 Å². The number of ketones is 2. The number of phenols is 1. The molecule has 3 aliphatic carbocycles. The number of methoxy groups -OCH3 is 1. The fourth-order valence-corrected chi connectivity index (χ4v) is 6.20. The third-order valence-corrected chi connectivity index (χ3v) is 7.87. The highest BCUT2D eigenvalue weighted by molar-refractivity contribution is 6.24. The fourth-order valence-electron chi connectivity index (χ4n) is 6.20. The number of benzene rings is 1. The highest BCUT2D eigenvalue weighted by atomic mass is 16.5. The first-order chi connectivity index (χ1) is 17.9. The molecule has 0 aliphatic heterocycles. The lowest BCUT2D eigenvalue weighted by molar-refractivity contribution is -0.148. The van der Waals surface area contributed by atoms with E-state index < -0.39 is 58.0 Å². The van der Waals surface area contributed by atoms with Gasteiger partial charge in [-0.05, 0) is 56.1 Å². The molecule has 4 atom stereocenters. The number of hydrogen-bond donors (Lipinski definition) is 5. The molecule has 1 amide bonds. The molecule has 3 aliphatic rings. The van der Waals surface area contributed by atoms with E-state index in [9.17, 15) is 34.8 Å². The lowest BCUT2D eigenvalue weighted by Crippen LogP contribution is -2.63. The van der Waals surface area contributed by atoms with Crippen LogP contribution < -0.4 is 10.5 Å². The minimum Gasteiger partial charge on any atom is -0.510 e. The molecule has 0 bridgehead atoms. The van der Waals surface area contributed by atoms with E-state index in [1.807, 2.05) is 0 Å². The largest absolute Gasteiger partial charge is 0.510 e. The Kier molecular flexibility index (Phi) is 5.80. The van der Waals surface area contributed by atoms with E-state index in [1.165, 1.54) is 24.3 Å². The van der Waals surface area contributed by atoms with Gasteiger partial charge in [0.1, 0.15) is 28.6 Å². The van der Waals surface area contributed by atoms with E-state index in [1.54, 1.807) is 32.4 Å². The lowest BCUT2D eigenvalue weighted by atomic mass is 9.58. The number of carbonyl (C=O) groups excluding carboxylic acids is 3. The Labute approximate surface area is 217 Å². The molecule has 0 saturated heterocycles. The number of hydrogen-bond acceptors (Lipinski definition) is 10. The highest BCUT2D eigenvalue weighted by Crippen LogP contribution is 2.53. The van der Waals surface area contributed by atoms with Gasteiger partial charge in [-0.3, -0.25) is 24.3 Å². The van der Waals surface area contributed by atoms with Gasteiger partial charge in [-0.25, -0.2) is 0 Å². The minimum atomic E-state index is -2.67. The molecule has 5 rings (SSSR count). The van der Waals surface area contributed by atoms with Crippen molar-refractivity contribution in [3.05, 3.63) is 64.4 Å². The maximum absolute atomic E-state index is 13.8. The molecule has 38 heavy (non-hydrogen) atoms. The minimum absolute atomic E-state index is 0.0111. The van der Waals surface area contributed by atoms with Crippen LogP contribution in [-0.4, -0.2) is 80.6 Å². The van der Waals surface area contributed by atoms with E-state index in [0.717, 1.165) is 0 Å². The molecular formula is C27H27N3O8. The number of nitrogens with two attached hydrogens (primary N) is 1. The zero-order chi connectivity index (χ0) is 27.7. The third kappa shape index (κ3) is 3.35. The zero-order valence-electron chi connectivity index (χ0n) is 20.9. The molecule has 0 fully saturated rings. The van der Waals surface area contributed by atoms with Gasteiger partial charge < -0.3 is 30.9 Å². The topological polar surface area (TPSA) is 184 Å². The van der Waals surface area contributed by atoms with Crippen molar-refractivity contribution < 1.29 is 39.5 Å². The van der Waals surface area contributed by atoms with Gasteiger partial charge in [-0.1, -0.05) is 6.07 Å². The molecule has 0 radical (unpaired) electrons. The van der Waals surface area contributed by atoms with E-state index >= 15 is 0 Å². The summed E-state index contributed by atoms with van der Waals surface area (Å²) in [6.45, 7) is 0. The number of Topliss-reactive ketones (excluding diaryl/α,β-unsaturated/α-hetero) is 2. The van der Waals surface area contributed by atoms with E-state index in [-0.39, 0.29) is 29.7 Å². The SMILES string of the molecule is COc1cncc(-c2ccc(O)c3c2C[C@H]2C[C@H]4[C@H](N(C)C)C(O)=C(C(N)=O)C(=O)[C@@]4(O)C(O)=C2C3=O)c1. The second-order valence-electron chi connectivity index (χ2n) is 10.1. The number of nitrogens with zero attached hydrogens (tertiary/aromatic N) is 2.